The van der Waals surface area contributed by atoms with Crippen molar-refractivity contribution in [2.24, 2.45) is 0 Å². The van der Waals surface area contributed by atoms with Gasteiger partial charge in [-0.2, -0.15) is 0 Å². The fourth-order valence-corrected chi connectivity index (χ4v) is 2.54. The fraction of sp³-hybridized carbons (Fsp3) is 0.375. The summed E-state index contributed by atoms with van der Waals surface area (Å²) in [6.45, 7) is 3.93. The Bertz CT molecular complexity index is 681. The number of para-hydroxylation sites is 1. The van der Waals surface area contributed by atoms with Crippen LogP contribution in [0.2, 0.25) is 0 Å². The second-order valence-electron chi connectivity index (χ2n) is 5.38. The van der Waals surface area contributed by atoms with Crippen molar-refractivity contribution in [3.63, 3.8) is 0 Å². The summed E-state index contributed by atoms with van der Waals surface area (Å²) in [7, 11) is 0. The molecule has 2 aromatic rings. The van der Waals surface area contributed by atoms with E-state index in [1.807, 2.05) is 11.0 Å². The van der Waals surface area contributed by atoms with Crippen LogP contribution in [0.1, 0.15) is 5.76 Å². The van der Waals surface area contributed by atoms with Crippen LogP contribution < -0.4 is 9.64 Å². The Morgan fingerprint density at radius 3 is 2.70 bits per heavy atom. The van der Waals surface area contributed by atoms with Gasteiger partial charge in [-0.1, -0.05) is 12.1 Å². The van der Waals surface area contributed by atoms with Gasteiger partial charge in [-0.05, 0) is 24.2 Å². The normalized spacial score (nSPS) is 14.9. The van der Waals surface area contributed by atoms with Crippen molar-refractivity contribution in [3.8, 4) is 5.88 Å². The van der Waals surface area contributed by atoms with Crippen LogP contribution in [-0.2, 0) is 4.79 Å². The first-order chi connectivity index (χ1) is 11.1. The number of benzene rings is 1. The minimum absolute atomic E-state index is 0.0777. The van der Waals surface area contributed by atoms with Crippen LogP contribution in [0, 0.1) is 12.7 Å². The van der Waals surface area contributed by atoms with Gasteiger partial charge in [-0.15, -0.1) is 0 Å². The second-order valence-corrected chi connectivity index (χ2v) is 5.38. The zero-order valence-corrected chi connectivity index (χ0v) is 12.9. The third-order valence-corrected chi connectivity index (χ3v) is 3.78. The number of anilines is 1. The molecular formula is C16H18FN3O3. The van der Waals surface area contributed by atoms with E-state index in [0.717, 1.165) is 0 Å². The van der Waals surface area contributed by atoms with Crippen LogP contribution in [0.25, 0.3) is 0 Å². The van der Waals surface area contributed by atoms with Gasteiger partial charge in [0.2, 0.25) is 0 Å². The first-order valence-corrected chi connectivity index (χ1v) is 7.47. The van der Waals surface area contributed by atoms with Gasteiger partial charge in [0.15, 0.2) is 6.61 Å². The number of hydrogen-bond acceptors (Lipinski definition) is 5. The van der Waals surface area contributed by atoms with Crippen LogP contribution in [0.5, 0.6) is 5.88 Å². The predicted molar refractivity (Wildman–Crippen MR) is 81.9 cm³/mol. The topological polar surface area (TPSA) is 58.8 Å². The van der Waals surface area contributed by atoms with Crippen molar-refractivity contribution < 1.29 is 18.4 Å². The van der Waals surface area contributed by atoms with Crippen LogP contribution in [0.4, 0.5) is 10.1 Å². The van der Waals surface area contributed by atoms with Crippen molar-refractivity contribution in [2.75, 3.05) is 37.7 Å². The summed E-state index contributed by atoms with van der Waals surface area (Å²) in [6, 6.07) is 8.30. The highest BCUT2D eigenvalue weighted by atomic mass is 19.1. The number of ether oxygens (including phenoxy) is 1. The van der Waals surface area contributed by atoms with Gasteiger partial charge in [0.1, 0.15) is 11.6 Å². The molecule has 1 fully saturated rings. The minimum Gasteiger partial charge on any atom is -0.465 e. The molecule has 1 aromatic carbocycles. The van der Waals surface area contributed by atoms with Gasteiger partial charge >= 0.3 is 0 Å². The molecule has 23 heavy (non-hydrogen) atoms. The van der Waals surface area contributed by atoms with Gasteiger partial charge in [0.25, 0.3) is 11.8 Å². The molecule has 7 heteroatoms. The molecule has 0 bridgehead atoms. The number of piperazine rings is 1. The molecule has 0 spiro atoms. The summed E-state index contributed by atoms with van der Waals surface area (Å²) < 4.78 is 24.0. The SMILES string of the molecule is Cc1cc(OCC(=O)N2CCN(c3ccccc3F)CC2)no1. The van der Waals surface area contributed by atoms with E-state index in [2.05, 4.69) is 5.16 Å². The number of hydrogen-bond donors (Lipinski definition) is 0. The predicted octanol–water partition coefficient (Wildman–Crippen LogP) is 1.85. The molecule has 0 unspecified atom stereocenters. The van der Waals surface area contributed by atoms with Gasteiger partial charge in [-0.25, -0.2) is 4.39 Å². The Balaban J connectivity index is 1.50. The fourth-order valence-electron chi connectivity index (χ4n) is 2.54. The molecule has 6 nitrogen and oxygen atoms in total. The summed E-state index contributed by atoms with van der Waals surface area (Å²) >= 11 is 0. The van der Waals surface area contributed by atoms with Crippen molar-refractivity contribution in [3.05, 3.63) is 41.9 Å². The van der Waals surface area contributed by atoms with Gasteiger partial charge in [0, 0.05) is 32.2 Å². The lowest BCUT2D eigenvalue weighted by atomic mass is 10.2. The molecule has 0 saturated carbocycles. The standard InChI is InChI=1S/C16H18FN3O3/c1-12-10-15(18-23-12)22-11-16(21)20-8-6-19(7-9-20)14-5-3-2-4-13(14)17/h2-5,10H,6-9,11H2,1H3. The Morgan fingerprint density at radius 2 is 2.04 bits per heavy atom. The average Bonchev–Trinajstić information content (AvgIpc) is 2.99. The highest BCUT2D eigenvalue weighted by Crippen LogP contribution is 2.20. The highest BCUT2D eigenvalue weighted by Gasteiger charge is 2.23. The Labute approximate surface area is 133 Å². The zero-order chi connectivity index (χ0) is 16.2. The maximum absolute atomic E-state index is 13.8. The number of carbonyl (C=O) groups is 1. The number of amides is 1. The quantitative estimate of drug-likeness (QED) is 0.861. The van der Waals surface area contributed by atoms with Crippen LogP contribution in [0.15, 0.2) is 34.9 Å². The summed E-state index contributed by atoms with van der Waals surface area (Å²) in [4.78, 5) is 15.8. The number of nitrogens with zero attached hydrogens (tertiary/aromatic N) is 3. The van der Waals surface area contributed by atoms with E-state index in [4.69, 9.17) is 9.26 Å². The van der Waals surface area contributed by atoms with E-state index in [0.29, 0.717) is 43.5 Å². The smallest absolute Gasteiger partial charge is 0.260 e. The lowest BCUT2D eigenvalue weighted by molar-refractivity contribution is -0.133. The van der Waals surface area contributed by atoms with Gasteiger partial charge < -0.3 is 19.1 Å². The molecule has 122 valence electrons. The van der Waals surface area contributed by atoms with Crippen LogP contribution >= 0.6 is 0 Å². The molecule has 0 atom stereocenters. The van der Waals surface area contributed by atoms with E-state index in [9.17, 15) is 9.18 Å². The zero-order valence-electron chi connectivity index (χ0n) is 12.9. The molecular weight excluding hydrogens is 301 g/mol. The molecule has 1 saturated heterocycles. The van der Waals surface area contributed by atoms with Gasteiger partial charge in [0.05, 0.1) is 5.69 Å². The van der Waals surface area contributed by atoms with E-state index < -0.39 is 0 Å². The molecule has 0 aliphatic carbocycles. The first-order valence-electron chi connectivity index (χ1n) is 7.47. The molecule has 0 N–H and O–H groups in total. The summed E-state index contributed by atoms with van der Waals surface area (Å²) in [5, 5.41) is 3.68. The van der Waals surface area contributed by atoms with Crippen molar-refractivity contribution in [2.45, 2.75) is 6.92 Å². The first kappa shape index (κ1) is 15.3. The largest absolute Gasteiger partial charge is 0.465 e. The molecule has 2 heterocycles. The molecule has 1 amide bonds. The maximum atomic E-state index is 13.8. The van der Waals surface area contributed by atoms with Crippen molar-refractivity contribution in [1.29, 1.82) is 0 Å². The molecule has 1 aliphatic heterocycles. The summed E-state index contributed by atoms with van der Waals surface area (Å²) in [6.07, 6.45) is 0. The molecule has 3 rings (SSSR count). The monoisotopic (exact) mass is 319 g/mol. The number of halogens is 1. The van der Waals surface area contributed by atoms with Gasteiger partial charge in [-0.3, -0.25) is 4.79 Å². The maximum Gasteiger partial charge on any atom is 0.260 e. The Morgan fingerprint density at radius 1 is 1.30 bits per heavy atom. The van der Waals surface area contributed by atoms with Crippen LogP contribution in [0.3, 0.4) is 0 Å². The lowest BCUT2D eigenvalue weighted by Crippen LogP contribution is -2.50. The highest BCUT2D eigenvalue weighted by molar-refractivity contribution is 5.78. The number of aromatic nitrogens is 1. The molecule has 1 aromatic heterocycles. The van der Waals surface area contributed by atoms with Crippen LogP contribution in [-0.4, -0.2) is 48.7 Å². The third kappa shape index (κ3) is 3.61. The number of carbonyl (C=O) groups excluding carboxylic acids is 1. The lowest BCUT2D eigenvalue weighted by Gasteiger charge is -2.36. The summed E-state index contributed by atoms with van der Waals surface area (Å²) in [5.74, 6) is 0.586. The summed E-state index contributed by atoms with van der Waals surface area (Å²) in [5.41, 5.74) is 0.578. The molecule has 0 radical (unpaired) electrons. The van der Waals surface area contributed by atoms with E-state index in [1.54, 1.807) is 30.0 Å². The second kappa shape index (κ2) is 6.68. The Hall–Kier alpha value is -2.57. The minimum atomic E-state index is -0.239. The van der Waals surface area contributed by atoms with E-state index in [-0.39, 0.29) is 18.3 Å². The Kier molecular flexibility index (Phi) is 4.45. The third-order valence-electron chi connectivity index (χ3n) is 3.78. The van der Waals surface area contributed by atoms with E-state index in [1.165, 1.54) is 6.07 Å². The van der Waals surface area contributed by atoms with Crippen molar-refractivity contribution >= 4 is 11.6 Å². The molecule has 1 aliphatic rings. The van der Waals surface area contributed by atoms with Crippen molar-refractivity contribution in [1.82, 2.24) is 10.1 Å². The number of aryl methyl sites for hydroxylation is 1. The number of rotatable bonds is 4. The average molecular weight is 319 g/mol. The van der Waals surface area contributed by atoms with E-state index >= 15 is 0 Å².